The topological polar surface area (TPSA) is 108 Å². The summed E-state index contributed by atoms with van der Waals surface area (Å²) in [6.45, 7) is 5.79. The number of rotatable bonds is 6. The summed E-state index contributed by atoms with van der Waals surface area (Å²) >= 11 is 0. The first-order valence-corrected chi connectivity index (χ1v) is 12.9. The van der Waals surface area contributed by atoms with Crippen molar-refractivity contribution in [2.24, 2.45) is 11.5 Å². The van der Waals surface area contributed by atoms with Crippen molar-refractivity contribution in [2.45, 2.75) is 70.2 Å². The van der Waals surface area contributed by atoms with Crippen molar-refractivity contribution in [3.05, 3.63) is 70.2 Å². The minimum Gasteiger partial charge on any atom is -0.401 e. The molecule has 1 heterocycles. The Hall–Kier alpha value is -2.89. The van der Waals surface area contributed by atoms with Gasteiger partial charge in [0.15, 0.2) is 0 Å². The van der Waals surface area contributed by atoms with Crippen molar-refractivity contribution in [3.63, 3.8) is 0 Å². The number of allylic oxidation sites excluding steroid dienone is 6. The van der Waals surface area contributed by atoms with Gasteiger partial charge in [0.2, 0.25) is 5.88 Å². The normalized spacial score (nSPS) is 21.6. The Morgan fingerprint density at radius 1 is 1.22 bits per heavy atom. The zero-order chi connectivity index (χ0) is 27.3. The lowest BCUT2D eigenvalue weighted by molar-refractivity contribution is -0.0501. The number of halogens is 5. The number of nitrogens with zero attached hydrogens (tertiary/aromatic N) is 1. The van der Waals surface area contributed by atoms with Crippen LogP contribution in [0.2, 0.25) is 0 Å². The third kappa shape index (κ3) is 5.91. The highest BCUT2D eigenvalue weighted by atomic mass is 32.2. The van der Waals surface area contributed by atoms with Crippen LogP contribution in [-0.2, 0) is 15.5 Å². The van der Waals surface area contributed by atoms with Crippen molar-refractivity contribution in [1.29, 1.82) is 0 Å². The minimum atomic E-state index is -5.90. The molecule has 200 valence electrons. The molecule has 6 nitrogen and oxygen atoms in total. The second-order valence-corrected chi connectivity index (χ2v) is 9.58. The van der Waals surface area contributed by atoms with Crippen LogP contribution in [0.15, 0.2) is 64.5 Å². The molecule has 0 amide bonds. The Kier molecular flexibility index (Phi) is 9.33. The molecule has 0 aliphatic heterocycles. The quantitative estimate of drug-likeness (QED) is 0.259. The fourth-order valence-electron chi connectivity index (χ4n) is 4.25. The Bertz CT molecular complexity index is 1200. The highest BCUT2D eigenvalue weighted by Crippen LogP contribution is 2.44. The predicted octanol–water partition coefficient (Wildman–Crippen LogP) is 6.09. The molecule has 0 radical (unpaired) electrons. The third-order valence-electron chi connectivity index (χ3n) is 6.02. The van der Waals surface area contributed by atoms with Crippen LogP contribution in [0, 0.1) is 0 Å². The summed E-state index contributed by atoms with van der Waals surface area (Å²) in [6, 6.07) is 3.81. The van der Waals surface area contributed by atoms with Gasteiger partial charge < -0.3 is 15.7 Å². The van der Waals surface area contributed by atoms with Gasteiger partial charge in [0.1, 0.15) is 11.7 Å². The molecule has 3 rings (SSSR count). The Balaban J connectivity index is 0.00000222. The lowest BCUT2D eigenvalue weighted by Crippen LogP contribution is -2.37. The second-order valence-electron chi connectivity index (χ2n) is 8.04. The van der Waals surface area contributed by atoms with Crippen molar-refractivity contribution in [1.82, 2.24) is 4.98 Å². The molecule has 12 heteroatoms. The number of pyridine rings is 1. The highest BCUT2D eigenvalue weighted by molar-refractivity contribution is 7.87. The summed E-state index contributed by atoms with van der Waals surface area (Å²) < 4.78 is 93.5. The van der Waals surface area contributed by atoms with Gasteiger partial charge in [-0.25, -0.2) is 13.8 Å². The summed E-state index contributed by atoms with van der Waals surface area (Å²) in [5, 5.41) is 0. The SMILES string of the molecule is CC.CC[C@]1(c2cccc(OS(=O)(=O)C(F)(F)F)n2)CCCC(/C=C(\N)C2=C(F)CCC=C2F)=C1N. The Labute approximate surface area is 207 Å². The summed E-state index contributed by atoms with van der Waals surface area (Å²) in [5.74, 6) is -2.17. The van der Waals surface area contributed by atoms with Crippen LogP contribution < -0.4 is 15.7 Å². The van der Waals surface area contributed by atoms with Crippen LogP contribution in [-0.4, -0.2) is 18.9 Å². The minimum absolute atomic E-state index is 0.0300. The molecular weight excluding hydrogens is 505 g/mol. The lowest BCUT2D eigenvalue weighted by atomic mass is 9.69. The molecule has 1 atom stereocenters. The molecule has 0 fully saturated rings. The average molecular weight is 536 g/mol. The van der Waals surface area contributed by atoms with Crippen molar-refractivity contribution in [2.75, 3.05) is 0 Å². The molecule has 0 aromatic carbocycles. The molecule has 4 N–H and O–H groups in total. The number of alkyl halides is 3. The third-order valence-corrected chi connectivity index (χ3v) is 6.98. The summed E-state index contributed by atoms with van der Waals surface area (Å²) in [5.41, 5.74) is 6.47. The molecule has 2 aliphatic carbocycles. The maximum atomic E-state index is 14.2. The van der Waals surface area contributed by atoms with E-state index in [0.717, 1.165) is 6.07 Å². The van der Waals surface area contributed by atoms with E-state index in [9.17, 15) is 30.4 Å². The van der Waals surface area contributed by atoms with Crippen molar-refractivity contribution in [3.8, 4) is 5.88 Å². The predicted molar refractivity (Wildman–Crippen MR) is 127 cm³/mol. The smallest absolute Gasteiger partial charge is 0.401 e. The zero-order valence-electron chi connectivity index (χ0n) is 20.3. The van der Waals surface area contributed by atoms with E-state index in [4.69, 9.17) is 11.5 Å². The van der Waals surface area contributed by atoms with Gasteiger partial charge in [-0.05, 0) is 55.9 Å². The Morgan fingerprint density at radius 2 is 1.89 bits per heavy atom. The van der Waals surface area contributed by atoms with Crippen LogP contribution in [0.3, 0.4) is 0 Å². The number of hydrogen-bond donors (Lipinski definition) is 2. The van der Waals surface area contributed by atoms with E-state index in [0.29, 0.717) is 31.3 Å². The van der Waals surface area contributed by atoms with E-state index in [1.807, 2.05) is 13.8 Å². The standard InChI is InChI=1S/C22H24F5N3O3S.C2H6/c1-2-21(17-9-4-10-18(30-17)33-34(31,32)22(25,26)27)11-5-6-13(20(21)29)12-16(28)19-14(23)7-3-8-15(19)24;1-2/h4,7,9-10,12H,2-3,5-6,8,11,28-29H2,1H3;1-2H3/b16-12-;/t21-;/m1./s1. The van der Waals surface area contributed by atoms with Crippen LogP contribution in [0.4, 0.5) is 22.0 Å². The van der Waals surface area contributed by atoms with E-state index in [2.05, 4.69) is 9.17 Å². The maximum Gasteiger partial charge on any atom is 0.534 e. The van der Waals surface area contributed by atoms with Crippen LogP contribution in [0.25, 0.3) is 0 Å². The van der Waals surface area contributed by atoms with E-state index < -0.39 is 38.6 Å². The monoisotopic (exact) mass is 535 g/mol. The molecule has 36 heavy (non-hydrogen) atoms. The van der Waals surface area contributed by atoms with Gasteiger partial charge in [-0.15, -0.1) is 0 Å². The van der Waals surface area contributed by atoms with Gasteiger partial charge in [-0.3, -0.25) is 0 Å². The average Bonchev–Trinajstić information content (AvgIpc) is 2.81. The van der Waals surface area contributed by atoms with Crippen molar-refractivity contribution >= 4 is 10.1 Å². The molecule has 0 saturated carbocycles. The maximum absolute atomic E-state index is 14.2. The lowest BCUT2D eigenvalue weighted by Gasteiger charge is -2.38. The fraction of sp³-hybridized carbons (Fsp3) is 0.458. The first kappa shape index (κ1) is 29.3. The summed E-state index contributed by atoms with van der Waals surface area (Å²) in [6.07, 6.45) is 4.76. The molecule has 0 spiro atoms. The van der Waals surface area contributed by atoms with E-state index in [1.165, 1.54) is 24.3 Å². The number of nitrogens with two attached hydrogens (primary N) is 2. The van der Waals surface area contributed by atoms with Crippen LogP contribution in [0.5, 0.6) is 5.88 Å². The molecule has 1 aromatic rings. The van der Waals surface area contributed by atoms with Gasteiger partial charge in [0.05, 0.1) is 16.7 Å². The molecule has 0 bridgehead atoms. The van der Waals surface area contributed by atoms with Gasteiger partial charge in [0.25, 0.3) is 0 Å². The van der Waals surface area contributed by atoms with E-state index in [-0.39, 0.29) is 35.5 Å². The Morgan fingerprint density at radius 3 is 2.47 bits per heavy atom. The van der Waals surface area contributed by atoms with Gasteiger partial charge >= 0.3 is 15.6 Å². The van der Waals surface area contributed by atoms with Crippen molar-refractivity contribution < 1.29 is 34.6 Å². The molecule has 2 aliphatic rings. The van der Waals surface area contributed by atoms with E-state index >= 15 is 0 Å². The van der Waals surface area contributed by atoms with Gasteiger partial charge in [-0.1, -0.05) is 26.8 Å². The van der Waals surface area contributed by atoms with Gasteiger partial charge in [-0.2, -0.15) is 21.6 Å². The zero-order valence-corrected chi connectivity index (χ0v) is 21.1. The van der Waals surface area contributed by atoms with Gasteiger partial charge in [0, 0.05) is 23.9 Å². The largest absolute Gasteiger partial charge is 0.534 e. The van der Waals surface area contributed by atoms with Crippen LogP contribution >= 0.6 is 0 Å². The molecule has 0 saturated heterocycles. The highest BCUT2D eigenvalue weighted by Gasteiger charge is 2.49. The second kappa shape index (κ2) is 11.4. The first-order chi connectivity index (χ1) is 16.8. The summed E-state index contributed by atoms with van der Waals surface area (Å²) in [4.78, 5) is 4.01. The van der Waals surface area contributed by atoms with E-state index in [1.54, 1.807) is 6.92 Å². The van der Waals surface area contributed by atoms with Crippen LogP contribution in [0.1, 0.15) is 65.0 Å². The molecule has 1 aromatic heterocycles. The summed E-state index contributed by atoms with van der Waals surface area (Å²) in [7, 11) is -5.90. The number of hydrogen-bond acceptors (Lipinski definition) is 6. The number of aromatic nitrogens is 1. The molecule has 0 unspecified atom stereocenters. The fourth-order valence-corrected chi connectivity index (χ4v) is 4.66. The molecular formula is C24H30F5N3O3S. The first-order valence-electron chi connectivity index (χ1n) is 11.5.